The first-order valence-electron chi connectivity index (χ1n) is 3.35. The van der Waals surface area contributed by atoms with E-state index < -0.39 is 0 Å². The van der Waals surface area contributed by atoms with E-state index in [9.17, 15) is 4.39 Å². The van der Waals surface area contributed by atoms with Crippen molar-refractivity contribution in [1.29, 1.82) is 0 Å². The van der Waals surface area contributed by atoms with E-state index in [1.54, 1.807) is 12.1 Å². The van der Waals surface area contributed by atoms with E-state index in [-0.39, 0.29) is 5.82 Å². The summed E-state index contributed by atoms with van der Waals surface area (Å²) in [5.41, 5.74) is 1.16. The topological polar surface area (TPSA) is 16.6 Å². The third-order valence-electron chi connectivity index (χ3n) is 1.35. The number of hydrogen-bond donors (Lipinski definition) is 1. The summed E-state index contributed by atoms with van der Waals surface area (Å²) in [4.78, 5) is 0. The van der Waals surface area contributed by atoms with Crippen LogP contribution in [0.5, 0.6) is 0 Å². The highest BCUT2D eigenvalue weighted by Gasteiger charge is 1.91. The van der Waals surface area contributed by atoms with Crippen LogP contribution in [0.15, 0.2) is 24.3 Å². The molecule has 1 aromatic rings. The Hall–Kier alpha value is -0.890. The first kappa shape index (κ1) is 7.22. The molecule has 0 fully saturated rings. The minimum absolute atomic E-state index is 0.167. The fraction of sp³-hybridized carbons (Fsp3) is 0.250. The van der Waals surface area contributed by atoms with Crippen LogP contribution in [-0.2, 0) is 6.54 Å². The SMILES string of the molecule is C[NH2+]Cc1ccc(F)cc1. The zero-order valence-corrected chi connectivity index (χ0v) is 5.97. The first-order valence-corrected chi connectivity index (χ1v) is 3.35. The molecule has 54 valence electrons. The third-order valence-corrected chi connectivity index (χ3v) is 1.35. The van der Waals surface area contributed by atoms with E-state index in [2.05, 4.69) is 0 Å². The average Bonchev–Trinajstić information content (AvgIpc) is 1.95. The Bertz CT molecular complexity index is 193. The van der Waals surface area contributed by atoms with Gasteiger partial charge >= 0.3 is 0 Å². The summed E-state index contributed by atoms with van der Waals surface area (Å²) < 4.78 is 12.3. The largest absolute Gasteiger partial charge is 0.345 e. The van der Waals surface area contributed by atoms with Crippen LogP contribution in [-0.4, -0.2) is 7.05 Å². The van der Waals surface area contributed by atoms with Gasteiger partial charge in [-0.05, 0) is 12.1 Å². The molecule has 0 heterocycles. The van der Waals surface area contributed by atoms with Gasteiger partial charge in [0.05, 0.1) is 7.05 Å². The fourth-order valence-corrected chi connectivity index (χ4v) is 0.856. The normalized spacial score (nSPS) is 9.80. The first-order chi connectivity index (χ1) is 4.83. The van der Waals surface area contributed by atoms with E-state index in [1.165, 1.54) is 12.1 Å². The molecule has 2 N–H and O–H groups in total. The second-order valence-corrected chi connectivity index (χ2v) is 2.24. The van der Waals surface area contributed by atoms with Gasteiger partial charge in [-0.15, -0.1) is 0 Å². The van der Waals surface area contributed by atoms with Crippen LogP contribution >= 0.6 is 0 Å². The Labute approximate surface area is 59.9 Å². The predicted molar refractivity (Wildman–Crippen MR) is 38.0 cm³/mol. The lowest BCUT2D eigenvalue weighted by molar-refractivity contribution is -0.643. The zero-order chi connectivity index (χ0) is 7.40. The highest BCUT2D eigenvalue weighted by molar-refractivity contribution is 5.14. The smallest absolute Gasteiger partial charge is 0.123 e. The van der Waals surface area contributed by atoms with E-state index in [1.807, 2.05) is 12.4 Å². The summed E-state index contributed by atoms with van der Waals surface area (Å²) in [7, 11) is 1.99. The zero-order valence-electron chi connectivity index (χ0n) is 5.97. The van der Waals surface area contributed by atoms with Crippen LogP contribution in [0.3, 0.4) is 0 Å². The molecule has 0 saturated heterocycles. The van der Waals surface area contributed by atoms with E-state index in [0.29, 0.717) is 0 Å². The number of benzene rings is 1. The molecular formula is C8H11FN+. The minimum Gasteiger partial charge on any atom is -0.345 e. The highest BCUT2D eigenvalue weighted by atomic mass is 19.1. The monoisotopic (exact) mass is 140 g/mol. The van der Waals surface area contributed by atoms with Crippen molar-refractivity contribution < 1.29 is 9.71 Å². The van der Waals surface area contributed by atoms with E-state index in [0.717, 1.165) is 12.1 Å². The van der Waals surface area contributed by atoms with Gasteiger partial charge in [-0.2, -0.15) is 0 Å². The molecule has 0 spiro atoms. The molecule has 0 aliphatic carbocycles. The number of rotatable bonds is 2. The summed E-state index contributed by atoms with van der Waals surface area (Å²) >= 11 is 0. The molecule has 0 saturated carbocycles. The van der Waals surface area contributed by atoms with E-state index in [4.69, 9.17) is 0 Å². The number of quaternary nitrogens is 1. The lowest BCUT2D eigenvalue weighted by atomic mass is 10.2. The maximum Gasteiger partial charge on any atom is 0.123 e. The Morgan fingerprint density at radius 3 is 2.40 bits per heavy atom. The molecule has 0 atom stereocenters. The number of nitrogens with two attached hydrogens (primary N) is 1. The van der Waals surface area contributed by atoms with Crippen molar-refractivity contribution >= 4 is 0 Å². The molecule has 1 aromatic carbocycles. The second kappa shape index (κ2) is 3.32. The van der Waals surface area contributed by atoms with Gasteiger partial charge < -0.3 is 5.32 Å². The van der Waals surface area contributed by atoms with Crippen LogP contribution in [0.25, 0.3) is 0 Å². The standard InChI is InChI=1S/C8H10FN/c1-10-6-7-2-4-8(9)5-3-7/h2-5,10H,6H2,1H3/p+1. The van der Waals surface area contributed by atoms with Gasteiger partial charge in [-0.3, -0.25) is 0 Å². The number of hydrogen-bond acceptors (Lipinski definition) is 0. The fourth-order valence-electron chi connectivity index (χ4n) is 0.856. The third kappa shape index (κ3) is 1.81. The molecule has 1 nitrogen and oxygen atoms in total. The Balaban J connectivity index is 2.69. The highest BCUT2D eigenvalue weighted by Crippen LogP contribution is 1.99. The molecule has 0 unspecified atom stereocenters. The van der Waals surface area contributed by atoms with Gasteiger partial charge in [0, 0.05) is 5.56 Å². The second-order valence-electron chi connectivity index (χ2n) is 2.24. The molecule has 0 radical (unpaired) electrons. The molecule has 0 amide bonds. The van der Waals surface area contributed by atoms with Crippen LogP contribution < -0.4 is 5.32 Å². The summed E-state index contributed by atoms with van der Waals surface area (Å²) in [6, 6.07) is 6.57. The molecule has 0 aliphatic rings. The van der Waals surface area contributed by atoms with Gasteiger partial charge in [0.25, 0.3) is 0 Å². The average molecular weight is 140 g/mol. The van der Waals surface area contributed by atoms with Crippen LogP contribution in [0.4, 0.5) is 4.39 Å². The van der Waals surface area contributed by atoms with Crippen molar-refractivity contribution in [3.05, 3.63) is 35.6 Å². The van der Waals surface area contributed by atoms with Gasteiger partial charge in [0.2, 0.25) is 0 Å². The summed E-state index contributed by atoms with van der Waals surface area (Å²) in [5.74, 6) is -0.167. The van der Waals surface area contributed by atoms with Gasteiger partial charge in [0.1, 0.15) is 12.4 Å². The molecule has 0 aliphatic heterocycles. The maximum absolute atomic E-state index is 12.3. The molecule has 10 heavy (non-hydrogen) atoms. The van der Waals surface area contributed by atoms with Crippen molar-refractivity contribution in [2.24, 2.45) is 0 Å². The maximum atomic E-state index is 12.3. The van der Waals surface area contributed by atoms with Crippen LogP contribution in [0.2, 0.25) is 0 Å². The summed E-state index contributed by atoms with van der Waals surface area (Å²) in [6.45, 7) is 0.917. The van der Waals surface area contributed by atoms with Crippen molar-refractivity contribution in [3.63, 3.8) is 0 Å². The quantitative estimate of drug-likeness (QED) is 0.616. The van der Waals surface area contributed by atoms with Gasteiger partial charge in [-0.1, -0.05) is 12.1 Å². The Morgan fingerprint density at radius 1 is 1.30 bits per heavy atom. The predicted octanol–water partition coefficient (Wildman–Crippen LogP) is 0.519. The van der Waals surface area contributed by atoms with Crippen LogP contribution in [0, 0.1) is 5.82 Å². The molecule has 0 aromatic heterocycles. The van der Waals surface area contributed by atoms with Crippen LogP contribution in [0.1, 0.15) is 5.56 Å². The van der Waals surface area contributed by atoms with E-state index >= 15 is 0 Å². The van der Waals surface area contributed by atoms with Gasteiger partial charge in [0.15, 0.2) is 0 Å². The molecule has 0 bridgehead atoms. The van der Waals surface area contributed by atoms with Crippen molar-refractivity contribution in [2.45, 2.75) is 6.54 Å². The lowest BCUT2D eigenvalue weighted by Crippen LogP contribution is -2.77. The summed E-state index contributed by atoms with van der Waals surface area (Å²) in [5, 5.41) is 2.05. The Kier molecular flexibility index (Phi) is 2.40. The van der Waals surface area contributed by atoms with Crippen molar-refractivity contribution in [3.8, 4) is 0 Å². The van der Waals surface area contributed by atoms with Gasteiger partial charge in [-0.25, -0.2) is 4.39 Å². The molecule has 1 rings (SSSR count). The minimum atomic E-state index is -0.167. The van der Waals surface area contributed by atoms with Crippen molar-refractivity contribution in [1.82, 2.24) is 0 Å². The Morgan fingerprint density at radius 2 is 1.90 bits per heavy atom. The van der Waals surface area contributed by atoms with Crippen molar-refractivity contribution in [2.75, 3.05) is 7.05 Å². The molecule has 2 heteroatoms. The summed E-state index contributed by atoms with van der Waals surface area (Å²) in [6.07, 6.45) is 0. The number of halogens is 1. The molecular weight excluding hydrogens is 129 g/mol. The lowest BCUT2D eigenvalue weighted by Gasteiger charge is -1.94.